The molecule has 3 aromatic rings. The van der Waals surface area contributed by atoms with Gasteiger partial charge in [0.15, 0.2) is 0 Å². The summed E-state index contributed by atoms with van der Waals surface area (Å²) in [6.45, 7) is -2.46. The van der Waals surface area contributed by atoms with Crippen molar-refractivity contribution in [2.24, 2.45) is 0 Å². The van der Waals surface area contributed by atoms with E-state index < -0.39 is 12.8 Å². The first-order valence-electron chi connectivity index (χ1n) is 8.87. The fraction of sp³-hybridized carbons (Fsp3) is 0.136. The van der Waals surface area contributed by atoms with Crippen LogP contribution in [0.1, 0.15) is 27.7 Å². The number of benzene rings is 3. The van der Waals surface area contributed by atoms with Gasteiger partial charge in [-0.1, -0.05) is 54.6 Å². The summed E-state index contributed by atoms with van der Waals surface area (Å²) in [5, 5.41) is 3.39. The Morgan fingerprint density at radius 3 is 2.32 bits per heavy atom. The van der Waals surface area contributed by atoms with Crippen LogP contribution >= 0.6 is 0 Å². The molecular weight excluding hydrogens is 362 g/mol. The molecule has 0 fully saturated rings. The van der Waals surface area contributed by atoms with Gasteiger partial charge in [-0.25, -0.2) is 0 Å². The summed E-state index contributed by atoms with van der Waals surface area (Å²) in [4.78, 5) is 14.9. The quantitative estimate of drug-likeness (QED) is 0.673. The van der Waals surface area contributed by atoms with Crippen LogP contribution in [0.5, 0.6) is 5.75 Å². The molecule has 0 aliphatic carbocycles. The minimum absolute atomic E-state index is 0.0795. The number of hydrogen-bond donors (Lipinski definition) is 1. The van der Waals surface area contributed by atoms with E-state index in [2.05, 4.69) is 10.1 Å². The average molecular weight is 380 g/mol. The van der Waals surface area contributed by atoms with Gasteiger partial charge in [0.05, 0.1) is 5.56 Å². The van der Waals surface area contributed by atoms with Crippen LogP contribution in [0.25, 0.3) is 0 Å². The van der Waals surface area contributed by atoms with Crippen LogP contribution in [0.2, 0.25) is 0 Å². The van der Waals surface area contributed by atoms with Gasteiger partial charge in [0.2, 0.25) is 0 Å². The molecule has 0 radical (unpaired) electrons. The van der Waals surface area contributed by atoms with Gasteiger partial charge in [-0.15, -0.1) is 0 Å². The Kier molecular flexibility index (Phi) is 4.93. The molecule has 0 unspecified atom stereocenters. The summed E-state index contributed by atoms with van der Waals surface area (Å²) in [6, 6.07) is 23.4. The molecule has 142 valence electrons. The highest BCUT2D eigenvalue weighted by atomic mass is 19.3. The SMILES string of the molecule is O=C1c2ccccc2N[C@@H](c2ccc(OC(F)F)cc2)N1Cc1ccccc1. The van der Waals surface area contributed by atoms with Crippen LogP contribution in [-0.4, -0.2) is 17.4 Å². The summed E-state index contributed by atoms with van der Waals surface area (Å²) < 4.78 is 29.2. The normalized spacial score (nSPS) is 15.9. The van der Waals surface area contributed by atoms with Crippen molar-refractivity contribution < 1.29 is 18.3 Å². The van der Waals surface area contributed by atoms with Crippen molar-refractivity contribution in [3.05, 3.63) is 95.6 Å². The van der Waals surface area contributed by atoms with Crippen molar-refractivity contribution in [1.82, 2.24) is 4.90 Å². The van der Waals surface area contributed by atoms with Crippen molar-refractivity contribution in [2.75, 3.05) is 5.32 Å². The number of amides is 1. The van der Waals surface area contributed by atoms with Gasteiger partial charge in [0.1, 0.15) is 11.9 Å². The second-order valence-corrected chi connectivity index (χ2v) is 6.46. The van der Waals surface area contributed by atoms with E-state index in [0.29, 0.717) is 12.1 Å². The molecule has 0 spiro atoms. The highest BCUT2D eigenvalue weighted by Gasteiger charge is 2.32. The first-order valence-corrected chi connectivity index (χ1v) is 8.87. The monoisotopic (exact) mass is 380 g/mol. The van der Waals surface area contributed by atoms with Crippen molar-refractivity contribution in [1.29, 1.82) is 0 Å². The molecule has 1 aliphatic heterocycles. The Bertz CT molecular complexity index is 962. The van der Waals surface area contributed by atoms with Gasteiger partial charge in [0.25, 0.3) is 5.91 Å². The lowest BCUT2D eigenvalue weighted by Gasteiger charge is -2.38. The van der Waals surface area contributed by atoms with Crippen LogP contribution in [0.4, 0.5) is 14.5 Å². The number of carbonyl (C=O) groups is 1. The number of carbonyl (C=O) groups excluding carboxylic acids is 1. The third kappa shape index (κ3) is 3.67. The lowest BCUT2D eigenvalue weighted by molar-refractivity contribution is -0.0498. The van der Waals surface area contributed by atoms with Gasteiger partial charge in [-0.05, 0) is 35.4 Å². The summed E-state index contributed by atoms with van der Waals surface area (Å²) in [5.41, 5.74) is 3.13. The number of nitrogens with zero attached hydrogens (tertiary/aromatic N) is 1. The lowest BCUT2D eigenvalue weighted by atomic mass is 10.0. The van der Waals surface area contributed by atoms with Crippen LogP contribution in [0, 0.1) is 0 Å². The standard InChI is InChI=1S/C22H18F2N2O2/c23-22(24)28-17-12-10-16(11-13-17)20-25-19-9-5-4-8-18(19)21(27)26(20)14-15-6-2-1-3-7-15/h1-13,20,22,25H,14H2/t20-/m1/s1. The Labute approximate surface area is 161 Å². The fourth-order valence-electron chi connectivity index (χ4n) is 3.33. The maximum absolute atomic E-state index is 13.2. The topological polar surface area (TPSA) is 41.6 Å². The molecule has 1 amide bonds. The highest BCUT2D eigenvalue weighted by Crippen LogP contribution is 2.34. The first-order chi connectivity index (χ1) is 13.6. The second kappa shape index (κ2) is 7.68. The predicted molar refractivity (Wildman–Crippen MR) is 102 cm³/mol. The van der Waals surface area contributed by atoms with Crippen LogP contribution < -0.4 is 10.1 Å². The average Bonchev–Trinajstić information content (AvgIpc) is 2.71. The zero-order chi connectivity index (χ0) is 19.5. The molecule has 1 heterocycles. The van der Waals surface area contributed by atoms with E-state index >= 15 is 0 Å². The molecule has 0 saturated heterocycles. The molecule has 1 aliphatic rings. The summed E-state index contributed by atoms with van der Waals surface area (Å²) in [5.74, 6) is -0.00740. The first kappa shape index (κ1) is 18.0. The molecule has 0 aromatic heterocycles. The third-order valence-corrected chi connectivity index (χ3v) is 4.64. The number of ether oxygens (including phenoxy) is 1. The number of rotatable bonds is 5. The minimum Gasteiger partial charge on any atom is -0.435 e. The molecule has 6 heteroatoms. The third-order valence-electron chi connectivity index (χ3n) is 4.64. The zero-order valence-corrected chi connectivity index (χ0v) is 14.9. The van der Waals surface area contributed by atoms with Crippen LogP contribution in [0.15, 0.2) is 78.9 Å². The van der Waals surface area contributed by atoms with Gasteiger partial charge in [0, 0.05) is 12.2 Å². The molecule has 0 bridgehead atoms. The number of halogens is 2. The van der Waals surface area contributed by atoms with Crippen LogP contribution in [0.3, 0.4) is 0 Å². The van der Waals surface area contributed by atoms with Crippen molar-refractivity contribution in [3.8, 4) is 5.75 Å². The smallest absolute Gasteiger partial charge is 0.387 e. The Hall–Kier alpha value is -3.41. The van der Waals surface area contributed by atoms with Gasteiger partial charge >= 0.3 is 6.61 Å². The van der Waals surface area contributed by atoms with E-state index in [9.17, 15) is 13.6 Å². The van der Waals surface area contributed by atoms with E-state index in [1.54, 1.807) is 23.1 Å². The maximum Gasteiger partial charge on any atom is 0.387 e. The minimum atomic E-state index is -2.87. The number of alkyl halides is 2. The summed E-state index contributed by atoms with van der Waals surface area (Å²) >= 11 is 0. The lowest BCUT2D eigenvalue weighted by Crippen LogP contribution is -2.42. The molecule has 4 rings (SSSR count). The largest absolute Gasteiger partial charge is 0.435 e. The van der Waals surface area contributed by atoms with Crippen LogP contribution in [-0.2, 0) is 6.54 Å². The Balaban J connectivity index is 1.69. The molecule has 0 saturated carbocycles. The van der Waals surface area contributed by atoms with E-state index in [0.717, 1.165) is 16.8 Å². The van der Waals surface area contributed by atoms with Crippen molar-refractivity contribution in [3.63, 3.8) is 0 Å². The molecule has 1 atom stereocenters. The second-order valence-electron chi connectivity index (χ2n) is 6.46. The van der Waals surface area contributed by atoms with Gasteiger partial charge < -0.3 is 15.0 Å². The summed E-state index contributed by atoms with van der Waals surface area (Å²) in [6.07, 6.45) is -0.428. The number of fused-ring (bicyclic) bond motifs is 1. The molecule has 4 nitrogen and oxygen atoms in total. The van der Waals surface area contributed by atoms with Crippen molar-refractivity contribution in [2.45, 2.75) is 19.3 Å². The Morgan fingerprint density at radius 1 is 0.929 bits per heavy atom. The highest BCUT2D eigenvalue weighted by molar-refractivity contribution is 6.01. The predicted octanol–water partition coefficient (Wildman–Crippen LogP) is 5.05. The molecular formula is C22H18F2N2O2. The summed E-state index contributed by atoms with van der Waals surface area (Å²) in [7, 11) is 0. The van der Waals surface area contributed by atoms with E-state index in [4.69, 9.17) is 0 Å². The number of nitrogens with one attached hydrogen (secondary N) is 1. The fourth-order valence-corrected chi connectivity index (χ4v) is 3.33. The van der Waals surface area contributed by atoms with Crippen molar-refractivity contribution >= 4 is 11.6 Å². The maximum atomic E-state index is 13.2. The van der Waals surface area contributed by atoms with Gasteiger partial charge in [-0.2, -0.15) is 8.78 Å². The van der Waals surface area contributed by atoms with Gasteiger partial charge in [-0.3, -0.25) is 4.79 Å². The number of anilines is 1. The van der Waals surface area contributed by atoms with E-state index in [1.807, 2.05) is 48.5 Å². The molecule has 3 aromatic carbocycles. The van der Waals surface area contributed by atoms with E-state index in [-0.39, 0.29) is 11.7 Å². The molecule has 28 heavy (non-hydrogen) atoms. The van der Waals surface area contributed by atoms with E-state index in [1.165, 1.54) is 12.1 Å². The number of para-hydroxylation sites is 1. The number of hydrogen-bond acceptors (Lipinski definition) is 3. The zero-order valence-electron chi connectivity index (χ0n) is 14.9. The Morgan fingerprint density at radius 2 is 1.61 bits per heavy atom. The molecule has 1 N–H and O–H groups in total.